The van der Waals surface area contributed by atoms with E-state index in [-0.39, 0.29) is 11.8 Å². The van der Waals surface area contributed by atoms with E-state index in [1.54, 1.807) is 0 Å². The van der Waals surface area contributed by atoms with Crippen molar-refractivity contribution in [2.75, 3.05) is 0 Å². The third-order valence-corrected chi connectivity index (χ3v) is 2.90. The van der Waals surface area contributed by atoms with Crippen molar-refractivity contribution in [3.8, 4) is 11.4 Å². The molecule has 0 aliphatic rings. The van der Waals surface area contributed by atoms with E-state index in [9.17, 15) is 31.1 Å². The number of hydrogen-bond donors (Lipinski definition) is 1. The van der Waals surface area contributed by atoms with Gasteiger partial charge < -0.3 is 5.73 Å². The second-order valence-corrected chi connectivity index (χ2v) is 4.62. The molecule has 128 valence electrons. The number of aromatic nitrogens is 3. The first-order valence-corrected chi connectivity index (χ1v) is 6.10. The molecule has 0 aliphatic heterocycles. The van der Waals surface area contributed by atoms with Crippen molar-refractivity contribution < 1.29 is 31.1 Å². The highest BCUT2D eigenvalue weighted by Gasteiger charge is 2.37. The van der Waals surface area contributed by atoms with Crippen LogP contribution in [0.4, 0.5) is 26.3 Å². The van der Waals surface area contributed by atoms with Crippen molar-refractivity contribution in [3.63, 3.8) is 0 Å². The zero-order valence-electron chi connectivity index (χ0n) is 11.6. The molecular formula is C13H8F6N4O. The molecule has 2 aromatic rings. The normalized spacial score (nSPS) is 12.2. The van der Waals surface area contributed by atoms with Crippen LogP contribution in [0.3, 0.4) is 0 Å². The van der Waals surface area contributed by atoms with Gasteiger partial charge in [-0.15, -0.1) is 5.10 Å². The van der Waals surface area contributed by atoms with Gasteiger partial charge in [-0.1, -0.05) is 6.58 Å². The van der Waals surface area contributed by atoms with E-state index in [2.05, 4.69) is 16.7 Å². The first-order valence-electron chi connectivity index (χ1n) is 6.10. The predicted molar refractivity (Wildman–Crippen MR) is 70.0 cm³/mol. The molecule has 1 aromatic carbocycles. The largest absolute Gasteiger partial charge is 0.416 e. The van der Waals surface area contributed by atoms with E-state index in [1.807, 2.05) is 0 Å². The standard InChI is InChI=1S/C13H8F6N4O/c1-6(10(20)24)23-5-21-11(22-23)7-2-8(12(14,15)16)4-9(3-7)13(17,18)19/h2-5H,1H2,(H2,20,24). The minimum absolute atomic E-state index is 0.0111. The van der Waals surface area contributed by atoms with Gasteiger partial charge in [0.05, 0.1) is 11.1 Å². The Bertz CT molecular complexity index is 773. The van der Waals surface area contributed by atoms with Crippen molar-refractivity contribution in [2.24, 2.45) is 5.73 Å². The quantitative estimate of drug-likeness (QED) is 0.683. The van der Waals surface area contributed by atoms with Crippen molar-refractivity contribution in [2.45, 2.75) is 12.4 Å². The van der Waals surface area contributed by atoms with Crippen LogP contribution in [-0.4, -0.2) is 20.7 Å². The molecule has 0 saturated heterocycles. The minimum atomic E-state index is -4.99. The van der Waals surface area contributed by atoms with Gasteiger partial charge in [0, 0.05) is 5.56 Å². The SMILES string of the molecule is C=C(C(N)=O)n1cnc(-c2cc(C(F)(F)F)cc(C(F)(F)F)c2)n1. The Morgan fingerprint density at radius 2 is 1.54 bits per heavy atom. The number of nitrogens with two attached hydrogens (primary N) is 1. The molecule has 0 aliphatic carbocycles. The number of alkyl halides is 6. The summed E-state index contributed by atoms with van der Waals surface area (Å²) in [7, 11) is 0. The summed E-state index contributed by atoms with van der Waals surface area (Å²) >= 11 is 0. The highest BCUT2D eigenvalue weighted by atomic mass is 19.4. The molecule has 0 radical (unpaired) electrons. The number of amides is 1. The molecule has 0 spiro atoms. The maximum absolute atomic E-state index is 12.8. The lowest BCUT2D eigenvalue weighted by atomic mass is 10.0. The Morgan fingerprint density at radius 1 is 1.04 bits per heavy atom. The van der Waals surface area contributed by atoms with Crippen molar-refractivity contribution in [1.82, 2.24) is 14.8 Å². The molecule has 2 rings (SSSR count). The Morgan fingerprint density at radius 3 is 1.96 bits per heavy atom. The number of rotatable bonds is 3. The maximum Gasteiger partial charge on any atom is 0.416 e. The second-order valence-electron chi connectivity index (χ2n) is 4.62. The average Bonchev–Trinajstić information content (AvgIpc) is 2.93. The summed E-state index contributed by atoms with van der Waals surface area (Å²) in [6, 6.07) is 0.937. The van der Waals surface area contributed by atoms with Gasteiger partial charge in [0.25, 0.3) is 5.91 Å². The lowest BCUT2D eigenvalue weighted by molar-refractivity contribution is -0.143. The first-order chi connectivity index (χ1) is 10.9. The van der Waals surface area contributed by atoms with Crippen LogP contribution in [0.5, 0.6) is 0 Å². The van der Waals surface area contributed by atoms with Gasteiger partial charge in [0.1, 0.15) is 12.0 Å². The van der Waals surface area contributed by atoms with E-state index in [0.717, 1.165) is 11.0 Å². The summed E-state index contributed by atoms with van der Waals surface area (Å²) in [6.45, 7) is 3.27. The Hall–Kier alpha value is -2.85. The zero-order valence-corrected chi connectivity index (χ0v) is 11.6. The minimum Gasteiger partial charge on any atom is -0.364 e. The van der Waals surface area contributed by atoms with Gasteiger partial charge in [-0.25, -0.2) is 9.67 Å². The molecule has 0 unspecified atom stereocenters. The molecule has 0 fully saturated rings. The summed E-state index contributed by atoms with van der Waals surface area (Å²) in [6.07, 6.45) is -9.08. The zero-order chi connectivity index (χ0) is 18.3. The fourth-order valence-electron chi connectivity index (χ4n) is 1.72. The molecular weight excluding hydrogens is 342 g/mol. The van der Waals surface area contributed by atoms with E-state index >= 15 is 0 Å². The number of primary amides is 1. The summed E-state index contributed by atoms with van der Waals surface area (Å²) in [5, 5.41) is 3.62. The third kappa shape index (κ3) is 3.55. The first kappa shape index (κ1) is 17.5. The van der Waals surface area contributed by atoms with Crippen LogP contribution in [0.2, 0.25) is 0 Å². The van der Waals surface area contributed by atoms with E-state index in [1.165, 1.54) is 0 Å². The Kier molecular flexibility index (Phi) is 4.12. The van der Waals surface area contributed by atoms with Gasteiger partial charge in [0.2, 0.25) is 0 Å². The highest BCUT2D eigenvalue weighted by Crippen LogP contribution is 2.38. The molecule has 0 saturated carbocycles. The summed E-state index contributed by atoms with van der Waals surface area (Å²) in [5.74, 6) is -1.43. The summed E-state index contributed by atoms with van der Waals surface area (Å²) < 4.78 is 77.6. The smallest absolute Gasteiger partial charge is 0.364 e. The van der Waals surface area contributed by atoms with Crippen molar-refractivity contribution in [3.05, 3.63) is 42.2 Å². The summed E-state index contributed by atoms with van der Waals surface area (Å²) in [4.78, 5) is 14.5. The molecule has 0 atom stereocenters. The van der Waals surface area contributed by atoms with Gasteiger partial charge in [-0.3, -0.25) is 4.79 Å². The predicted octanol–water partition coefficient (Wildman–Crippen LogP) is 2.94. The lowest BCUT2D eigenvalue weighted by Gasteiger charge is -2.13. The molecule has 1 amide bonds. The maximum atomic E-state index is 12.8. The molecule has 1 heterocycles. The highest BCUT2D eigenvalue weighted by molar-refractivity contribution is 6.11. The molecule has 1 aromatic heterocycles. The summed E-state index contributed by atoms with van der Waals surface area (Å²) in [5.41, 5.74) is 1.08. The van der Waals surface area contributed by atoms with Gasteiger partial charge in [-0.2, -0.15) is 26.3 Å². The van der Waals surface area contributed by atoms with E-state index in [0.29, 0.717) is 12.1 Å². The average molecular weight is 350 g/mol. The number of hydrogen-bond acceptors (Lipinski definition) is 3. The fourth-order valence-corrected chi connectivity index (χ4v) is 1.72. The van der Waals surface area contributed by atoms with Crippen LogP contribution in [0, 0.1) is 0 Å². The molecule has 0 bridgehead atoms. The Labute approximate surface area is 130 Å². The number of halogens is 6. The monoisotopic (exact) mass is 350 g/mol. The Balaban J connectivity index is 2.58. The van der Waals surface area contributed by atoms with Gasteiger partial charge in [-0.05, 0) is 18.2 Å². The van der Waals surface area contributed by atoms with E-state index < -0.39 is 40.8 Å². The number of benzene rings is 1. The van der Waals surface area contributed by atoms with Crippen molar-refractivity contribution >= 4 is 11.6 Å². The number of nitrogens with zero attached hydrogens (tertiary/aromatic N) is 3. The number of carbonyl (C=O) groups excluding carboxylic acids is 1. The van der Waals surface area contributed by atoms with Crippen LogP contribution in [0.1, 0.15) is 11.1 Å². The molecule has 11 heteroatoms. The fraction of sp³-hybridized carbons (Fsp3) is 0.154. The lowest BCUT2D eigenvalue weighted by Crippen LogP contribution is -2.17. The van der Waals surface area contributed by atoms with Gasteiger partial charge in [0.15, 0.2) is 5.82 Å². The van der Waals surface area contributed by atoms with Crippen LogP contribution < -0.4 is 5.73 Å². The van der Waals surface area contributed by atoms with E-state index in [4.69, 9.17) is 5.73 Å². The van der Waals surface area contributed by atoms with Crippen LogP contribution in [0.25, 0.3) is 17.1 Å². The van der Waals surface area contributed by atoms with Gasteiger partial charge >= 0.3 is 12.4 Å². The topological polar surface area (TPSA) is 73.8 Å². The third-order valence-electron chi connectivity index (χ3n) is 2.90. The second kappa shape index (κ2) is 5.65. The number of carbonyl (C=O) groups is 1. The van der Waals surface area contributed by atoms with Crippen LogP contribution in [-0.2, 0) is 17.1 Å². The van der Waals surface area contributed by atoms with Crippen LogP contribution in [0.15, 0.2) is 31.1 Å². The molecule has 24 heavy (non-hydrogen) atoms. The van der Waals surface area contributed by atoms with Crippen molar-refractivity contribution in [1.29, 1.82) is 0 Å². The molecule has 2 N–H and O–H groups in total. The van der Waals surface area contributed by atoms with Crippen LogP contribution >= 0.6 is 0 Å². The molecule has 5 nitrogen and oxygen atoms in total.